The van der Waals surface area contributed by atoms with E-state index >= 15 is 0 Å². The number of benzene rings is 2. The summed E-state index contributed by atoms with van der Waals surface area (Å²) in [4.78, 5) is 51.2. The lowest BCUT2D eigenvalue weighted by molar-refractivity contribution is -0.119. The predicted octanol–water partition coefficient (Wildman–Crippen LogP) is 3.14. The fourth-order valence-electron chi connectivity index (χ4n) is 3.84. The van der Waals surface area contributed by atoms with E-state index in [1.165, 1.54) is 43.4 Å². The predicted molar refractivity (Wildman–Crippen MR) is 141 cm³/mol. The van der Waals surface area contributed by atoms with Crippen molar-refractivity contribution in [3.63, 3.8) is 0 Å². The Morgan fingerprint density at radius 3 is 2.28 bits per heavy atom. The van der Waals surface area contributed by atoms with Gasteiger partial charge < -0.3 is 29.3 Å². The van der Waals surface area contributed by atoms with E-state index in [1.54, 1.807) is 49.0 Å². The second-order valence-electron chi connectivity index (χ2n) is 8.25. The number of nitrogens with one attached hydrogen (secondary N) is 2. The smallest absolute Gasteiger partial charge is 0.340 e. The molecule has 2 N–H and O–H groups in total. The molecule has 0 saturated heterocycles. The maximum Gasteiger partial charge on any atom is 0.340 e. The third-order valence-electron chi connectivity index (χ3n) is 5.89. The van der Waals surface area contributed by atoms with Crippen LogP contribution in [0.3, 0.4) is 0 Å². The average Bonchev–Trinajstić information content (AvgIpc) is 3.56. The molecular formula is C27H26N4O8. The van der Waals surface area contributed by atoms with Crippen molar-refractivity contribution in [1.82, 2.24) is 9.36 Å². The molecule has 0 fully saturated rings. The summed E-state index contributed by atoms with van der Waals surface area (Å²) in [5.74, 6) is -1.80. The zero-order valence-corrected chi connectivity index (χ0v) is 21.6. The number of carbonyl (C=O) groups excluding carboxylic acids is 3. The lowest BCUT2D eigenvalue weighted by atomic mass is 10.1. The highest BCUT2D eigenvalue weighted by Crippen LogP contribution is 2.34. The van der Waals surface area contributed by atoms with Crippen molar-refractivity contribution in [3.8, 4) is 17.2 Å². The van der Waals surface area contributed by atoms with Crippen LogP contribution in [0.2, 0.25) is 0 Å². The fourth-order valence-corrected chi connectivity index (χ4v) is 3.84. The Bertz CT molecular complexity index is 1570. The quantitative estimate of drug-likeness (QED) is 0.312. The van der Waals surface area contributed by atoms with Gasteiger partial charge in [-0.1, -0.05) is 18.2 Å². The van der Waals surface area contributed by atoms with E-state index in [-0.39, 0.29) is 34.2 Å². The van der Waals surface area contributed by atoms with Crippen molar-refractivity contribution in [2.24, 2.45) is 7.05 Å². The van der Waals surface area contributed by atoms with E-state index in [0.717, 1.165) is 0 Å². The summed E-state index contributed by atoms with van der Waals surface area (Å²) in [5.41, 5.74) is 0.694. The minimum atomic E-state index is -0.924. The van der Waals surface area contributed by atoms with Crippen LogP contribution >= 0.6 is 0 Å². The van der Waals surface area contributed by atoms with Crippen LogP contribution in [0.5, 0.6) is 11.5 Å². The van der Waals surface area contributed by atoms with Gasteiger partial charge in [0.1, 0.15) is 5.69 Å². The van der Waals surface area contributed by atoms with Gasteiger partial charge in [0.2, 0.25) is 0 Å². The molecule has 2 heterocycles. The standard InChI is InChI=1S/C27H26N4O8/c1-16-24(26(34)31(30(16)2)17-9-6-5-7-10-17)29-23(32)15-39-27(35)18-13-21(36-3)22(37-4)14-19(18)28-25(33)20-11-8-12-38-20/h5-14H,15H2,1-4H3,(H,28,33)(H,29,32). The number of furan rings is 1. The summed E-state index contributed by atoms with van der Waals surface area (Å²) in [6.07, 6.45) is 1.33. The highest BCUT2D eigenvalue weighted by molar-refractivity contribution is 6.07. The van der Waals surface area contributed by atoms with Crippen molar-refractivity contribution in [2.75, 3.05) is 31.5 Å². The second kappa shape index (κ2) is 11.4. The summed E-state index contributed by atoms with van der Waals surface area (Å²) in [7, 11) is 4.47. The van der Waals surface area contributed by atoms with Crippen LogP contribution in [0.15, 0.2) is 70.1 Å². The molecular weight excluding hydrogens is 508 g/mol. The normalized spacial score (nSPS) is 10.6. The van der Waals surface area contributed by atoms with Gasteiger partial charge in [-0.2, -0.15) is 0 Å². The molecule has 2 aromatic carbocycles. The Labute approximate surface area is 222 Å². The molecule has 202 valence electrons. The molecule has 2 amide bonds. The van der Waals surface area contributed by atoms with Gasteiger partial charge in [0, 0.05) is 19.2 Å². The minimum Gasteiger partial charge on any atom is -0.493 e. The van der Waals surface area contributed by atoms with Gasteiger partial charge in [0.25, 0.3) is 17.4 Å². The third-order valence-corrected chi connectivity index (χ3v) is 5.89. The SMILES string of the molecule is COc1cc(NC(=O)c2ccco2)c(C(=O)OCC(=O)Nc2c(C)n(C)n(-c3ccccc3)c2=O)cc1OC. The van der Waals surface area contributed by atoms with Gasteiger partial charge in [0.05, 0.1) is 43.1 Å². The van der Waals surface area contributed by atoms with Gasteiger partial charge in [-0.15, -0.1) is 0 Å². The first-order valence-electron chi connectivity index (χ1n) is 11.7. The lowest BCUT2D eigenvalue weighted by Gasteiger charge is -2.15. The summed E-state index contributed by atoms with van der Waals surface area (Å²) in [5, 5.41) is 5.10. The van der Waals surface area contributed by atoms with Gasteiger partial charge in [-0.25, -0.2) is 9.48 Å². The maximum absolute atomic E-state index is 13.0. The van der Waals surface area contributed by atoms with Crippen molar-refractivity contribution >= 4 is 29.2 Å². The van der Waals surface area contributed by atoms with Gasteiger partial charge in [-0.05, 0) is 31.2 Å². The van der Waals surface area contributed by atoms with Crippen molar-refractivity contribution in [2.45, 2.75) is 6.92 Å². The van der Waals surface area contributed by atoms with Crippen molar-refractivity contribution in [3.05, 3.63) is 88.2 Å². The number of aromatic nitrogens is 2. The van der Waals surface area contributed by atoms with E-state index in [0.29, 0.717) is 11.4 Å². The Morgan fingerprint density at radius 2 is 1.64 bits per heavy atom. The number of methoxy groups -OCH3 is 2. The van der Waals surface area contributed by atoms with Crippen LogP contribution < -0.4 is 25.7 Å². The number of esters is 1. The van der Waals surface area contributed by atoms with E-state index < -0.39 is 29.9 Å². The zero-order chi connectivity index (χ0) is 28.1. The second-order valence-corrected chi connectivity index (χ2v) is 8.25. The van der Waals surface area contributed by atoms with E-state index in [2.05, 4.69) is 10.6 Å². The summed E-state index contributed by atoms with van der Waals surface area (Å²) < 4.78 is 23.8. The first-order valence-corrected chi connectivity index (χ1v) is 11.7. The van der Waals surface area contributed by atoms with Crippen LogP contribution in [0.25, 0.3) is 5.69 Å². The number of anilines is 2. The molecule has 0 atom stereocenters. The average molecular weight is 535 g/mol. The van der Waals surface area contributed by atoms with E-state index in [9.17, 15) is 19.2 Å². The first kappa shape index (κ1) is 26.8. The molecule has 0 aliphatic heterocycles. The molecule has 2 aromatic heterocycles. The van der Waals surface area contributed by atoms with Crippen molar-refractivity contribution in [1.29, 1.82) is 0 Å². The number of hydrogen-bond donors (Lipinski definition) is 2. The van der Waals surface area contributed by atoms with Gasteiger partial charge >= 0.3 is 5.97 Å². The molecule has 4 rings (SSSR count). The molecule has 4 aromatic rings. The van der Waals surface area contributed by atoms with Gasteiger partial charge in [-0.3, -0.25) is 19.1 Å². The van der Waals surface area contributed by atoms with Crippen LogP contribution in [0.4, 0.5) is 11.4 Å². The molecule has 0 spiro atoms. The van der Waals surface area contributed by atoms with E-state index in [1.807, 2.05) is 6.07 Å². The zero-order valence-electron chi connectivity index (χ0n) is 21.6. The molecule has 12 heteroatoms. The lowest BCUT2D eigenvalue weighted by Crippen LogP contribution is -2.26. The van der Waals surface area contributed by atoms with Crippen molar-refractivity contribution < 1.29 is 33.0 Å². The number of rotatable bonds is 9. The number of ether oxygens (including phenoxy) is 3. The molecule has 0 aliphatic rings. The fraction of sp³-hybridized carbons (Fsp3) is 0.185. The number of para-hydroxylation sites is 1. The van der Waals surface area contributed by atoms with Crippen LogP contribution in [-0.4, -0.2) is 48.0 Å². The molecule has 12 nitrogen and oxygen atoms in total. The minimum absolute atomic E-state index is 0.0165. The van der Waals surface area contributed by atoms with Crippen LogP contribution in [0, 0.1) is 6.92 Å². The number of carbonyl (C=O) groups is 3. The van der Waals surface area contributed by atoms with Crippen LogP contribution in [-0.2, 0) is 16.6 Å². The Balaban J connectivity index is 1.52. The highest BCUT2D eigenvalue weighted by atomic mass is 16.5. The molecule has 39 heavy (non-hydrogen) atoms. The Hall–Kier alpha value is -5.26. The molecule has 0 bridgehead atoms. The summed E-state index contributed by atoms with van der Waals surface area (Å²) in [6, 6.07) is 14.6. The molecule has 0 aliphatic carbocycles. The Morgan fingerprint density at radius 1 is 0.949 bits per heavy atom. The third kappa shape index (κ3) is 5.54. The van der Waals surface area contributed by atoms with E-state index in [4.69, 9.17) is 18.6 Å². The largest absolute Gasteiger partial charge is 0.493 e. The maximum atomic E-state index is 13.0. The monoisotopic (exact) mass is 534 g/mol. The summed E-state index contributed by atoms with van der Waals surface area (Å²) in [6.45, 7) is 0.984. The first-order chi connectivity index (χ1) is 18.7. The number of hydrogen-bond acceptors (Lipinski definition) is 8. The van der Waals surface area contributed by atoms with Crippen LogP contribution in [0.1, 0.15) is 26.6 Å². The Kier molecular flexibility index (Phi) is 7.85. The summed E-state index contributed by atoms with van der Waals surface area (Å²) >= 11 is 0. The highest BCUT2D eigenvalue weighted by Gasteiger charge is 2.23. The molecule has 0 radical (unpaired) electrons. The number of amides is 2. The molecule has 0 unspecified atom stereocenters. The van der Waals surface area contributed by atoms with Gasteiger partial charge in [0.15, 0.2) is 23.9 Å². The topological polar surface area (TPSA) is 143 Å². The molecule has 0 saturated carbocycles. The number of nitrogens with zero attached hydrogens (tertiary/aromatic N) is 2.